The molecular formula is C17H27F2N. The fraction of sp³-hybridized carbons (Fsp3) is 0.647. The first-order chi connectivity index (χ1) is 9.56. The second-order valence-corrected chi connectivity index (χ2v) is 5.45. The Balaban J connectivity index is 3.08. The van der Waals surface area contributed by atoms with Crippen molar-refractivity contribution in [1.82, 2.24) is 5.32 Å². The van der Waals surface area contributed by atoms with Gasteiger partial charge in [-0.2, -0.15) is 0 Å². The van der Waals surface area contributed by atoms with Crippen molar-refractivity contribution in [2.45, 2.75) is 59.4 Å². The van der Waals surface area contributed by atoms with E-state index in [1.54, 1.807) is 19.1 Å². The smallest absolute Gasteiger partial charge is 0.163 e. The molecule has 0 aliphatic carbocycles. The van der Waals surface area contributed by atoms with Crippen LogP contribution in [0.4, 0.5) is 8.78 Å². The van der Waals surface area contributed by atoms with Gasteiger partial charge in [-0.15, -0.1) is 0 Å². The van der Waals surface area contributed by atoms with Gasteiger partial charge in [0.05, 0.1) is 0 Å². The second-order valence-electron chi connectivity index (χ2n) is 5.45. The van der Waals surface area contributed by atoms with Gasteiger partial charge in [0.25, 0.3) is 0 Å². The Morgan fingerprint density at radius 2 is 1.80 bits per heavy atom. The lowest BCUT2D eigenvalue weighted by molar-refractivity contribution is 0.316. The molecule has 0 amide bonds. The van der Waals surface area contributed by atoms with Gasteiger partial charge in [-0.25, -0.2) is 8.78 Å². The lowest BCUT2D eigenvalue weighted by Gasteiger charge is -2.28. The summed E-state index contributed by atoms with van der Waals surface area (Å²) in [5.74, 6) is -1.06. The zero-order chi connectivity index (χ0) is 15.1. The van der Waals surface area contributed by atoms with Gasteiger partial charge >= 0.3 is 0 Å². The molecule has 1 aromatic rings. The number of nitrogens with one attached hydrogen (secondary N) is 1. The maximum Gasteiger partial charge on any atom is 0.163 e. The van der Waals surface area contributed by atoms with Crippen molar-refractivity contribution < 1.29 is 8.78 Å². The zero-order valence-electron chi connectivity index (χ0n) is 13.1. The summed E-state index contributed by atoms with van der Waals surface area (Å²) in [6.45, 7) is 8.62. The van der Waals surface area contributed by atoms with E-state index >= 15 is 0 Å². The molecule has 0 saturated carbocycles. The monoisotopic (exact) mass is 283 g/mol. The minimum atomic E-state index is -0.712. The second kappa shape index (κ2) is 8.35. The highest BCUT2D eigenvalue weighted by molar-refractivity contribution is 5.28. The highest BCUT2D eigenvalue weighted by Crippen LogP contribution is 2.32. The van der Waals surface area contributed by atoms with Gasteiger partial charge in [-0.3, -0.25) is 0 Å². The molecule has 0 fully saturated rings. The minimum absolute atomic E-state index is 0.105. The Bertz CT molecular complexity index is 418. The highest BCUT2D eigenvalue weighted by atomic mass is 19.2. The van der Waals surface area contributed by atoms with E-state index in [4.69, 9.17) is 0 Å². The van der Waals surface area contributed by atoms with E-state index < -0.39 is 11.6 Å². The van der Waals surface area contributed by atoms with Crippen molar-refractivity contribution in [3.63, 3.8) is 0 Å². The summed E-state index contributed by atoms with van der Waals surface area (Å²) >= 11 is 0. The van der Waals surface area contributed by atoms with Crippen molar-refractivity contribution in [2.75, 3.05) is 6.54 Å². The first kappa shape index (κ1) is 17.1. The van der Waals surface area contributed by atoms with E-state index in [1.807, 2.05) is 6.92 Å². The fourth-order valence-electron chi connectivity index (χ4n) is 2.72. The molecule has 0 aromatic heterocycles. The molecule has 1 N–H and O–H groups in total. The van der Waals surface area contributed by atoms with E-state index in [1.165, 1.54) is 0 Å². The molecule has 1 nitrogen and oxygen atoms in total. The van der Waals surface area contributed by atoms with Gasteiger partial charge < -0.3 is 5.32 Å². The van der Waals surface area contributed by atoms with Gasteiger partial charge in [0.15, 0.2) is 11.6 Å². The van der Waals surface area contributed by atoms with Crippen LogP contribution in [0.5, 0.6) is 0 Å². The third-order valence-electron chi connectivity index (χ3n) is 3.99. The van der Waals surface area contributed by atoms with Crippen molar-refractivity contribution in [2.24, 2.45) is 5.92 Å². The van der Waals surface area contributed by atoms with E-state index in [0.29, 0.717) is 17.0 Å². The van der Waals surface area contributed by atoms with Crippen molar-refractivity contribution in [1.29, 1.82) is 0 Å². The molecule has 0 saturated heterocycles. The number of rotatable bonds is 8. The van der Waals surface area contributed by atoms with Crippen molar-refractivity contribution in [3.8, 4) is 0 Å². The van der Waals surface area contributed by atoms with Crippen molar-refractivity contribution in [3.05, 3.63) is 34.9 Å². The SMILES string of the molecule is CCCCC(CC)C(NCC)c1ccc(C)c(F)c1F. The average molecular weight is 283 g/mol. The van der Waals surface area contributed by atoms with Crippen LogP contribution >= 0.6 is 0 Å². The number of aryl methyl sites for hydroxylation is 1. The molecule has 0 heterocycles. The third-order valence-corrected chi connectivity index (χ3v) is 3.99. The first-order valence-corrected chi connectivity index (χ1v) is 7.74. The minimum Gasteiger partial charge on any atom is -0.310 e. The summed E-state index contributed by atoms with van der Waals surface area (Å²) < 4.78 is 28.0. The van der Waals surface area contributed by atoms with Gasteiger partial charge in [0.2, 0.25) is 0 Å². The van der Waals surface area contributed by atoms with Gasteiger partial charge in [0, 0.05) is 11.6 Å². The van der Waals surface area contributed by atoms with Gasteiger partial charge in [0.1, 0.15) is 0 Å². The molecule has 1 rings (SSSR count). The summed E-state index contributed by atoms with van der Waals surface area (Å²) in [6, 6.07) is 3.30. The lowest BCUT2D eigenvalue weighted by Crippen LogP contribution is -2.29. The number of hydrogen-bond acceptors (Lipinski definition) is 1. The summed E-state index contributed by atoms with van der Waals surface area (Å²) in [7, 11) is 0. The summed E-state index contributed by atoms with van der Waals surface area (Å²) in [5, 5.41) is 3.34. The molecule has 2 atom stereocenters. The first-order valence-electron chi connectivity index (χ1n) is 7.74. The van der Waals surface area contributed by atoms with E-state index in [0.717, 1.165) is 32.2 Å². The zero-order valence-corrected chi connectivity index (χ0v) is 13.1. The Kier molecular flexibility index (Phi) is 7.14. The molecule has 114 valence electrons. The normalized spacial score (nSPS) is 14.3. The summed E-state index contributed by atoms with van der Waals surface area (Å²) in [4.78, 5) is 0. The number of unbranched alkanes of at least 4 members (excludes halogenated alkanes) is 1. The van der Waals surface area contributed by atoms with Crippen molar-refractivity contribution >= 4 is 0 Å². The molecule has 20 heavy (non-hydrogen) atoms. The predicted octanol–water partition coefficient (Wildman–Crippen LogP) is 5.14. The Labute approximate surface area is 121 Å². The molecular weight excluding hydrogens is 256 g/mol. The van der Waals surface area contributed by atoms with Crippen LogP contribution < -0.4 is 5.32 Å². The molecule has 0 bridgehead atoms. The van der Waals surface area contributed by atoms with Crippen LogP contribution in [-0.2, 0) is 0 Å². The van der Waals surface area contributed by atoms with E-state index in [9.17, 15) is 8.78 Å². The van der Waals surface area contributed by atoms with Crippen LogP contribution in [0.2, 0.25) is 0 Å². The molecule has 0 aliphatic heterocycles. The standard InChI is InChI=1S/C17H27F2N/c1-5-8-9-13(6-2)17(20-7-3)14-11-10-12(4)15(18)16(14)19/h10-11,13,17,20H,5-9H2,1-4H3. The quantitative estimate of drug-likeness (QED) is 0.696. The molecule has 1 aromatic carbocycles. The maximum absolute atomic E-state index is 14.2. The van der Waals surface area contributed by atoms with Gasteiger partial charge in [-0.05, 0) is 31.4 Å². The van der Waals surface area contributed by atoms with Crippen LogP contribution in [-0.4, -0.2) is 6.54 Å². The largest absolute Gasteiger partial charge is 0.310 e. The fourth-order valence-corrected chi connectivity index (χ4v) is 2.72. The van der Waals surface area contributed by atoms with Crippen LogP contribution in [0, 0.1) is 24.5 Å². The highest BCUT2D eigenvalue weighted by Gasteiger charge is 2.25. The lowest BCUT2D eigenvalue weighted by atomic mass is 9.86. The molecule has 3 heteroatoms. The van der Waals surface area contributed by atoms with E-state index in [2.05, 4.69) is 19.2 Å². The topological polar surface area (TPSA) is 12.0 Å². The summed E-state index contributed by atoms with van der Waals surface area (Å²) in [6.07, 6.45) is 4.25. The molecule has 0 radical (unpaired) electrons. The number of benzene rings is 1. The van der Waals surface area contributed by atoms with E-state index in [-0.39, 0.29) is 6.04 Å². The predicted molar refractivity (Wildman–Crippen MR) is 80.8 cm³/mol. The Morgan fingerprint density at radius 1 is 1.10 bits per heavy atom. The molecule has 0 spiro atoms. The van der Waals surface area contributed by atoms with Crippen LogP contribution in [0.3, 0.4) is 0 Å². The summed E-state index contributed by atoms with van der Waals surface area (Å²) in [5.41, 5.74) is 0.834. The maximum atomic E-state index is 14.2. The number of hydrogen-bond donors (Lipinski definition) is 1. The molecule has 2 unspecified atom stereocenters. The third kappa shape index (κ3) is 4.02. The average Bonchev–Trinajstić information content (AvgIpc) is 2.45. The van der Waals surface area contributed by atoms with Crippen LogP contribution in [0.25, 0.3) is 0 Å². The number of halogens is 2. The Morgan fingerprint density at radius 3 is 2.35 bits per heavy atom. The van der Waals surface area contributed by atoms with Crippen LogP contribution in [0.1, 0.15) is 63.6 Å². The molecule has 0 aliphatic rings. The van der Waals surface area contributed by atoms with Gasteiger partial charge in [-0.1, -0.05) is 52.2 Å². The van der Waals surface area contributed by atoms with Crippen LogP contribution in [0.15, 0.2) is 12.1 Å². The Hall–Kier alpha value is -0.960.